The van der Waals surface area contributed by atoms with E-state index in [1.54, 1.807) is 0 Å². The minimum absolute atomic E-state index is 0.0898. The highest BCUT2D eigenvalue weighted by molar-refractivity contribution is 5.67. The summed E-state index contributed by atoms with van der Waals surface area (Å²) in [5, 5.41) is 0. The van der Waals surface area contributed by atoms with Crippen molar-refractivity contribution in [3.8, 4) is 11.1 Å². The molecule has 7 heteroatoms. The minimum Gasteiger partial charge on any atom is -0.329 e. The smallest absolute Gasteiger partial charge is 0.256 e. The van der Waals surface area contributed by atoms with Crippen molar-refractivity contribution in [2.24, 2.45) is 0 Å². The Hall–Kier alpha value is -2.18. The fourth-order valence-corrected chi connectivity index (χ4v) is 1.71. The summed E-state index contributed by atoms with van der Waals surface area (Å²) in [6.07, 6.45) is 1.20. The van der Waals surface area contributed by atoms with E-state index >= 15 is 0 Å². The molecule has 0 bridgehead atoms. The molecule has 19 heavy (non-hydrogen) atoms. The lowest BCUT2D eigenvalue weighted by atomic mass is 10.0. The third kappa shape index (κ3) is 1.91. The first-order chi connectivity index (χ1) is 8.86. The number of hydrogen-bond donors (Lipinski definition) is 1. The molecule has 1 heterocycles. The summed E-state index contributed by atoms with van der Waals surface area (Å²) >= 11 is 0. The monoisotopic (exact) mass is 275 g/mol. The highest BCUT2D eigenvalue weighted by Gasteiger charge is 2.28. The van der Waals surface area contributed by atoms with Crippen LogP contribution in [-0.4, -0.2) is 4.98 Å². The average molecular weight is 275 g/mol. The largest absolute Gasteiger partial charge is 0.329 e. The molecule has 1 aromatic heterocycles. The van der Waals surface area contributed by atoms with Crippen molar-refractivity contribution in [3.63, 3.8) is 0 Å². The topological polar surface area (TPSA) is 32.9 Å². The molecule has 0 unspecified atom stereocenters. The van der Waals surface area contributed by atoms with Gasteiger partial charge in [0, 0.05) is 6.20 Å². The normalized spacial score (nSPS) is 10.8. The summed E-state index contributed by atoms with van der Waals surface area (Å²) in [7, 11) is 0. The van der Waals surface area contributed by atoms with Crippen LogP contribution in [-0.2, 0) is 0 Å². The predicted octanol–water partition coefficient (Wildman–Crippen LogP) is 3.05. The van der Waals surface area contributed by atoms with Crippen molar-refractivity contribution in [2.45, 2.75) is 6.92 Å². The summed E-state index contributed by atoms with van der Waals surface area (Å²) in [5.41, 5.74) is -2.67. The van der Waals surface area contributed by atoms with Crippen LogP contribution in [0.3, 0.4) is 0 Å². The Kier molecular flexibility index (Phi) is 3.13. The lowest BCUT2D eigenvalue weighted by molar-refractivity contribution is 0.381. The first-order valence-corrected chi connectivity index (χ1v) is 5.06. The summed E-state index contributed by atoms with van der Waals surface area (Å²) in [4.78, 5) is 13.6. The van der Waals surface area contributed by atoms with Gasteiger partial charge in [-0.2, -0.15) is 0 Å². The Bertz CT molecular complexity index is 694. The number of H-pyrrole nitrogens is 1. The van der Waals surface area contributed by atoms with Crippen molar-refractivity contribution >= 4 is 0 Å². The Labute approximate surface area is 103 Å². The number of rotatable bonds is 1. The van der Waals surface area contributed by atoms with E-state index in [1.807, 2.05) is 0 Å². The predicted molar refractivity (Wildman–Crippen MR) is 57.0 cm³/mol. The van der Waals surface area contributed by atoms with Crippen LogP contribution in [0.25, 0.3) is 11.1 Å². The van der Waals surface area contributed by atoms with E-state index in [1.165, 1.54) is 19.2 Å². The molecule has 0 saturated carbocycles. The Morgan fingerprint density at radius 3 is 1.79 bits per heavy atom. The van der Waals surface area contributed by atoms with Crippen molar-refractivity contribution < 1.29 is 22.0 Å². The van der Waals surface area contributed by atoms with E-state index in [2.05, 4.69) is 4.98 Å². The fraction of sp³-hybridized carbons (Fsp3) is 0.0833. The molecule has 0 radical (unpaired) electrons. The first kappa shape index (κ1) is 13.3. The number of aryl methyl sites for hydroxylation is 1. The van der Waals surface area contributed by atoms with Crippen molar-refractivity contribution in [1.82, 2.24) is 4.98 Å². The second kappa shape index (κ2) is 4.49. The fourth-order valence-electron chi connectivity index (χ4n) is 1.71. The molecule has 0 aliphatic rings. The zero-order chi connectivity index (χ0) is 14.3. The van der Waals surface area contributed by atoms with Crippen LogP contribution in [0.5, 0.6) is 0 Å². The number of aromatic nitrogens is 1. The van der Waals surface area contributed by atoms with Crippen molar-refractivity contribution in [2.75, 3.05) is 0 Å². The van der Waals surface area contributed by atoms with Crippen molar-refractivity contribution in [1.29, 1.82) is 0 Å². The SMILES string of the molecule is Cc1cc[nH]c(=O)c1-c1c(F)c(F)c(F)c(F)c1F. The molecule has 0 saturated heterocycles. The number of hydrogen-bond acceptors (Lipinski definition) is 1. The molecular formula is C12H6F5NO. The van der Waals surface area contributed by atoms with Gasteiger partial charge >= 0.3 is 0 Å². The van der Waals surface area contributed by atoms with Gasteiger partial charge in [0.1, 0.15) is 0 Å². The van der Waals surface area contributed by atoms with Gasteiger partial charge in [-0.25, -0.2) is 22.0 Å². The number of benzene rings is 1. The average Bonchev–Trinajstić information content (AvgIpc) is 2.37. The molecule has 0 fully saturated rings. The van der Waals surface area contributed by atoms with Crippen LogP contribution < -0.4 is 5.56 Å². The first-order valence-electron chi connectivity index (χ1n) is 5.06. The third-order valence-electron chi connectivity index (χ3n) is 2.63. The van der Waals surface area contributed by atoms with E-state index in [4.69, 9.17) is 0 Å². The number of aromatic amines is 1. The van der Waals surface area contributed by atoms with E-state index in [0.29, 0.717) is 0 Å². The highest BCUT2D eigenvalue weighted by atomic mass is 19.2. The number of pyridine rings is 1. The Morgan fingerprint density at radius 1 is 0.842 bits per heavy atom. The van der Waals surface area contributed by atoms with Crippen LogP contribution in [0.2, 0.25) is 0 Å². The molecule has 0 atom stereocenters. The Balaban J connectivity index is 2.96. The van der Waals surface area contributed by atoms with Crippen LogP contribution >= 0.6 is 0 Å². The van der Waals surface area contributed by atoms with E-state index < -0.39 is 45.8 Å². The molecule has 2 rings (SSSR count). The zero-order valence-corrected chi connectivity index (χ0v) is 9.45. The van der Waals surface area contributed by atoms with Gasteiger partial charge in [0.05, 0.1) is 11.1 Å². The van der Waals surface area contributed by atoms with Gasteiger partial charge in [0.15, 0.2) is 23.3 Å². The third-order valence-corrected chi connectivity index (χ3v) is 2.63. The van der Waals surface area contributed by atoms with Crippen LogP contribution in [0.1, 0.15) is 5.56 Å². The highest BCUT2D eigenvalue weighted by Crippen LogP contribution is 2.30. The van der Waals surface area contributed by atoms with Gasteiger partial charge in [-0.1, -0.05) is 0 Å². The lowest BCUT2D eigenvalue weighted by Crippen LogP contribution is -2.14. The summed E-state index contributed by atoms with van der Waals surface area (Å²) in [6, 6.07) is 1.29. The molecular weight excluding hydrogens is 269 g/mol. The molecule has 0 aliphatic carbocycles. The second-order valence-corrected chi connectivity index (χ2v) is 3.81. The molecule has 0 amide bonds. The zero-order valence-electron chi connectivity index (χ0n) is 9.45. The molecule has 2 nitrogen and oxygen atoms in total. The van der Waals surface area contributed by atoms with Gasteiger partial charge in [0.25, 0.3) is 5.56 Å². The van der Waals surface area contributed by atoms with E-state index in [-0.39, 0.29) is 5.56 Å². The lowest BCUT2D eigenvalue weighted by Gasteiger charge is -2.09. The molecule has 1 N–H and O–H groups in total. The quantitative estimate of drug-likeness (QED) is 0.484. The molecule has 0 spiro atoms. The van der Waals surface area contributed by atoms with Gasteiger partial charge in [-0.3, -0.25) is 4.79 Å². The standard InChI is InChI=1S/C12H6F5NO/c1-4-2-3-18-12(19)5(4)6-7(13)9(15)11(17)10(16)8(6)14/h2-3H,1H3,(H,18,19). The second-order valence-electron chi connectivity index (χ2n) is 3.81. The summed E-state index contributed by atoms with van der Waals surface area (Å²) in [6.45, 7) is 1.32. The van der Waals surface area contributed by atoms with E-state index in [0.717, 1.165) is 0 Å². The maximum atomic E-state index is 13.6. The summed E-state index contributed by atoms with van der Waals surface area (Å²) < 4.78 is 66.2. The van der Waals surface area contributed by atoms with Gasteiger partial charge < -0.3 is 4.98 Å². The van der Waals surface area contributed by atoms with Crippen LogP contribution in [0.4, 0.5) is 22.0 Å². The number of halogens is 5. The van der Waals surface area contributed by atoms with Crippen molar-refractivity contribution in [3.05, 3.63) is 57.3 Å². The van der Waals surface area contributed by atoms with Crippen LogP contribution in [0.15, 0.2) is 17.1 Å². The molecule has 0 aliphatic heterocycles. The van der Waals surface area contributed by atoms with Gasteiger partial charge in [-0.15, -0.1) is 0 Å². The van der Waals surface area contributed by atoms with E-state index in [9.17, 15) is 26.7 Å². The maximum Gasteiger partial charge on any atom is 0.256 e. The molecule has 100 valence electrons. The Morgan fingerprint density at radius 2 is 1.32 bits per heavy atom. The number of nitrogens with one attached hydrogen (secondary N) is 1. The summed E-state index contributed by atoms with van der Waals surface area (Å²) in [5.74, 6) is -10.5. The molecule has 2 aromatic rings. The maximum absolute atomic E-state index is 13.6. The van der Waals surface area contributed by atoms with Gasteiger partial charge in [-0.05, 0) is 18.6 Å². The van der Waals surface area contributed by atoms with Crippen LogP contribution in [0, 0.1) is 36.0 Å². The molecule has 1 aromatic carbocycles. The van der Waals surface area contributed by atoms with Gasteiger partial charge in [0.2, 0.25) is 5.82 Å². The minimum atomic E-state index is -2.26.